The van der Waals surface area contributed by atoms with E-state index in [9.17, 15) is 22.8 Å². The number of likely N-dealkylation sites (N-methyl/N-ethyl adjacent to an activating group) is 1. The Kier molecular flexibility index (Phi) is 14.6. The van der Waals surface area contributed by atoms with Crippen LogP contribution >= 0.6 is 0 Å². The normalized spacial score (nSPS) is 15.8. The minimum Gasteiger partial charge on any atom is -0.495 e. The van der Waals surface area contributed by atoms with Gasteiger partial charge in [-0.2, -0.15) is 0 Å². The smallest absolute Gasteiger partial charge is 0.335 e. The van der Waals surface area contributed by atoms with Crippen molar-refractivity contribution >= 4 is 17.6 Å². The van der Waals surface area contributed by atoms with Gasteiger partial charge in [-0.1, -0.05) is 37.3 Å². The Bertz CT molecular complexity index is 1230. The summed E-state index contributed by atoms with van der Waals surface area (Å²) in [6.07, 6.45) is 6.96. The molecule has 2 aromatic rings. The summed E-state index contributed by atoms with van der Waals surface area (Å²) in [5.41, 5.74) is 2.05. The number of hydrogen-bond donors (Lipinski definition) is 1. The second kappa shape index (κ2) is 17.8. The molecule has 2 aromatic carbocycles. The molecule has 1 amide bonds. The number of carboxylic acid groups (broad SMARTS) is 1. The van der Waals surface area contributed by atoms with Gasteiger partial charge in [0.05, 0.1) is 18.8 Å². The van der Waals surface area contributed by atoms with Crippen LogP contribution in [0.4, 0.5) is 18.9 Å². The molecule has 0 aromatic heterocycles. The molecule has 228 valence electrons. The molecule has 3 rings (SSSR count). The minimum atomic E-state index is -1.42. The van der Waals surface area contributed by atoms with Crippen LogP contribution in [-0.2, 0) is 14.3 Å². The lowest BCUT2D eigenvalue weighted by Gasteiger charge is -2.26. The maximum atomic E-state index is 12.5. The molecule has 1 aliphatic heterocycles. The van der Waals surface area contributed by atoms with Gasteiger partial charge in [0.1, 0.15) is 12.4 Å². The van der Waals surface area contributed by atoms with E-state index in [1.807, 2.05) is 19.1 Å². The largest absolute Gasteiger partial charge is 0.495 e. The van der Waals surface area contributed by atoms with Crippen LogP contribution in [0.2, 0.25) is 0 Å². The Hall–Kier alpha value is -3.89. The van der Waals surface area contributed by atoms with Crippen molar-refractivity contribution in [3.05, 3.63) is 102 Å². The van der Waals surface area contributed by atoms with Crippen LogP contribution in [0, 0.1) is 23.4 Å². The first-order chi connectivity index (χ1) is 20.0. The van der Waals surface area contributed by atoms with Gasteiger partial charge in [0.15, 0.2) is 17.5 Å². The van der Waals surface area contributed by atoms with E-state index in [0.717, 1.165) is 49.8 Å². The van der Waals surface area contributed by atoms with Gasteiger partial charge in [0, 0.05) is 24.7 Å². The highest BCUT2D eigenvalue weighted by atomic mass is 19.2. The molecule has 0 radical (unpaired) electrons. The number of anilines is 1. The fourth-order valence-corrected chi connectivity index (χ4v) is 4.03. The Labute approximate surface area is 245 Å². The second-order valence-corrected chi connectivity index (χ2v) is 9.64. The SMILES string of the molecule is C=C(/C=C\C(C)=C\CN(CC)CCC1COCC(=O)N(c2ccc(C(=O)O)cc2)C1)OCC.Fc1cccc(F)c1F. The molecular formula is C32H39F3N2O5. The van der Waals surface area contributed by atoms with Crippen molar-refractivity contribution < 1.29 is 37.3 Å². The molecule has 1 aliphatic rings. The summed E-state index contributed by atoms with van der Waals surface area (Å²) in [6.45, 7) is 14.4. The van der Waals surface area contributed by atoms with E-state index in [2.05, 4.69) is 31.4 Å². The van der Waals surface area contributed by atoms with Gasteiger partial charge in [-0.15, -0.1) is 0 Å². The average Bonchev–Trinajstić information content (AvgIpc) is 3.16. The lowest BCUT2D eigenvalue weighted by molar-refractivity contribution is -0.122. The lowest BCUT2D eigenvalue weighted by atomic mass is 10.0. The molecule has 1 unspecified atom stereocenters. The van der Waals surface area contributed by atoms with Gasteiger partial charge in [-0.25, -0.2) is 18.0 Å². The van der Waals surface area contributed by atoms with Gasteiger partial charge >= 0.3 is 5.97 Å². The number of carbonyl (C=O) groups is 2. The van der Waals surface area contributed by atoms with Crippen LogP contribution in [0.3, 0.4) is 0 Å². The maximum Gasteiger partial charge on any atom is 0.335 e. The third kappa shape index (κ3) is 11.5. The summed E-state index contributed by atoms with van der Waals surface area (Å²) in [4.78, 5) is 27.7. The van der Waals surface area contributed by atoms with E-state index >= 15 is 0 Å². The van der Waals surface area contributed by atoms with Crippen molar-refractivity contribution in [3.8, 4) is 0 Å². The number of benzene rings is 2. The topological polar surface area (TPSA) is 79.3 Å². The Balaban J connectivity index is 0.000000581. The standard InChI is InChI=1S/C26H36N2O5.C6H3F3/c1-5-27(15-13-20(3)7-8-21(4)33-6-2)16-14-22-17-28(25(29)19-32-18-22)24-11-9-23(10-12-24)26(30)31;7-4-2-1-3-5(8)6(4)9/h7-13,22H,4-6,14-19H2,1-3H3,(H,30,31);1-3H/b8-7-,20-13+;. The highest BCUT2D eigenvalue weighted by Gasteiger charge is 2.25. The van der Waals surface area contributed by atoms with E-state index < -0.39 is 23.4 Å². The number of ether oxygens (including phenoxy) is 2. The number of aromatic carboxylic acids is 1. The number of halogens is 3. The number of nitrogens with zero attached hydrogens (tertiary/aromatic N) is 2. The zero-order chi connectivity index (χ0) is 31.1. The fourth-order valence-electron chi connectivity index (χ4n) is 4.03. The predicted octanol–water partition coefficient (Wildman–Crippen LogP) is 6.23. The minimum absolute atomic E-state index is 0.0377. The monoisotopic (exact) mass is 588 g/mol. The zero-order valence-electron chi connectivity index (χ0n) is 24.3. The first-order valence-electron chi connectivity index (χ1n) is 13.8. The summed E-state index contributed by atoms with van der Waals surface area (Å²) >= 11 is 0. The first-order valence-corrected chi connectivity index (χ1v) is 13.8. The van der Waals surface area contributed by atoms with Crippen molar-refractivity contribution in [2.24, 2.45) is 5.92 Å². The molecule has 7 nitrogen and oxygen atoms in total. The number of allylic oxidation sites excluding steroid dienone is 3. The second-order valence-electron chi connectivity index (χ2n) is 9.64. The van der Waals surface area contributed by atoms with Gasteiger partial charge in [-0.3, -0.25) is 9.69 Å². The van der Waals surface area contributed by atoms with Crippen molar-refractivity contribution in [2.75, 3.05) is 50.9 Å². The Morgan fingerprint density at radius 3 is 2.38 bits per heavy atom. The van der Waals surface area contributed by atoms with Crippen molar-refractivity contribution in [3.63, 3.8) is 0 Å². The van der Waals surface area contributed by atoms with E-state index in [4.69, 9.17) is 14.6 Å². The highest BCUT2D eigenvalue weighted by Crippen LogP contribution is 2.21. The van der Waals surface area contributed by atoms with Gasteiger partial charge in [0.25, 0.3) is 5.91 Å². The van der Waals surface area contributed by atoms with Crippen molar-refractivity contribution in [1.82, 2.24) is 4.90 Å². The number of hydrogen-bond acceptors (Lipinski definition) is 5. The highest BCUT2D eigenvalue weighted by molar-refractivity contribution is 5.95. The first kappa shape index (κ1) is 34.3. The van der Waals surface area contributed by atoms with E-state index in [1.54, 1.807) is 17.0 Å². The Morgan fingerprint density at radius 1 is 1.14 bits per heavy atom. The molecule has 0 aliphatic carbocycles. The zero-order valence-corrected chi connectivity index (χ0v) is 24.3. The summed E-state index contributed by atoms with van der Waals surface area (Å²) in [6, 6.07) is 9.24. The third-order valence-corrected chi connectivity index (χ3v) is 6.49. The molecular weight excluding hydrogens is 549 g/mol. The molecule has 1 fully saturated rings. The van der Waals surface area contributed by atoms with Gasteiger partial charge in [0.2, 0.25) is 0 Å². The van der Waals surface area contributed by atoms with E-state index in [1.165, 1.54) is 12.1 Å². The molecule has 0 spiro atoms. The molecule has 1 heterocycles. The summed E-state index contributed by atoms with van der Waals surface area (Å²) < 4.78 is 46.9. The van der Waals surface area contributed by atoms with Crippen LogP contribution in [0.1, 0.15) is 37.6 Å². The van der Waals surface area contributed by atoms with E-state index in [-0.39, 0.29) is 24.0 Å². The quantitative estimate of drug-likeness (QED) is 0.180. The van der Waals surface area contributed by atoms with Crippen LogP contribution in [-0.4, -0.2) is 67.9 Å². The van der Waals surface area contributed by atoms with Crippen molar-refractivity contribution in [1.29, 1.82) is 0 Å². The third-order valence-electron chi connectivity index (χ3n) is 6.49. The molecule has 0 bridgehead atoms. The molecule has 0 saturated carbocycles. The number of amides is 1. The van der Waals surface area contributed by atoms with Gasteiger partial charge in [-0.05, 0) is 75.8 Å². The maximum absolute atomic E-state index is 12.5. The van der Waals surface area contributed by atoms with E-state index in [0.29, 0.717) is 31.2 Å². The Morgan fingerprint density at radius 2 is 1.81 bits per heavy atom. The summed E-state index contributed by atoms with van der Waals surface area (Å²) in [7, 11) is 0. The number of rotatable bonds is 12. The van der Waals surface area contributed by atoms with Crippen LogP contribution in [0.15, 0.2) is 78.6 Å². The number of carbonyl (C=O) groups excluding carboxylic acids is 1. The number of carboxylic acids is 1. The molecule has 1 N–H and O–H groups in total. The summed E-state index contributed by atoms with van der Waals surface area (Å²) in [5, 5.41) is 9.10. The van der Waals surface area contributed by atoms with Crippen molar-refractivity contribution in [2.45, 2.75) is 27.2 Å². The molecule has 1 atom stereocenters. The molecule has 10 heteroatoms. The van der Waals surface area contributed by atoms with Crippen LogP contribution < -0.4 is 4.90 Å². The average molecular weight is 589 g/mol. The summed E-state index contributed by atoms with van der Waals surface area (Å²) in [5.74, 6) is -3.97. The molecule has 42 heavy (non-hydrogen) atoms. The lowest BCUT2D eigenvalue weighted by Crippen LogP contribution is -2.36. The van der Waals surface area contributed by atoms with Crippen LogP contribution in [0.25, 0.3) is 0 Å². The molecule has 1 saturated heterocycles. The van der Waals surface area contributed by atoms with Gasteiger partial charge < -0.3 is 19.5 Å². The van der Waals surface area contributed by atoms with Crippen LogP contribution in [0.5, 0.6) is 0 Å². The fraction of sp³-hybridized carbons (Fsp3) is 0.375. The predicted molar refractivity (Wildman–Crippen MR) is 157 cm³/mol.